The maximum absolute atomic E-state index is 6.21. The first-order chi connectivity index (χ1) is 8.50. The van der Waals surface area contributed by atoms with Crippen LogP contribution >= 0.6 is 35.6 Å². The number of nitrogen functional groups attached to an aromatic ring is 1. The summed E-state index contributed by atoms with van der Waals surface area (Å²) in [5.41, 5.74) is 7.18. The van der Waals surface area contributed by atoms with Gasteiger partial charge in [0.25, 0.3) is 0 Å². The zero-order valence-electron chi connectivity index (χ0n) is 10.4. The van der Waals surface area contributed by atoms with Gasteiger partial charge in [0, 0.05) is 31.4 Å². The van der Waals surface area contributed by atoms with Gasteiger partial charge in [-0.25, -0.2) is 4.98 Å². The molecule has 0 saturated carbocycles. The Morgan fingerprint density at radius 2 is 1.84 bits per heavy atom. The first kappa shape index (κ1) is 15.8. The molecule has 0 aliphatic rings. The van der Waals surface area contributed by atoms with E-state index in [9.17, 15) is 0 Å². The number of nitrogens with zero attached hydrogens (tertiary/aromatic N) is 3. The molecule has 0 amide bonds. The summed E-state index contributed by atoms with van der Waals surface area (Å²) in [6.07, 6.45) is 1.65. The van der Waals surface area contributed by atoms with E-state index >= 15 is 0 Å². The molecule has 102 valence electrons. The Bertz CT molecular complexity index is 587. The van der Waals surface area contributed by atoms with Crippen molar-refractivity contribution in [2.45, 2.75) is 0 Å². The van der Waals surface area contributed by atoms with Crippen molar-refractivity contribution in [3.05, 3.63) is 34.4 Å². The minimum Gasteiger partial charge on any atom is -0.368 e. The summed E-state index contributed by atoms with van der Waals surface area (Å²) in [6, 6.07) is 5.44. The highest BCUT2D eigenvalue weighted by Crippen LogP contribution is 2.36. The van der Waals surface area contributed by atoms with Crippen molar-refractivity contribution in [1.29, 1.82) is 0 Å². The van der Waals surface area contributed by atoms with E-state index < -0.39 is 0 Å². The summed E-state index contributed by atoms with van der Waals surface area (Å²) in [5.74, 6) is 0.923. The molecule has 1 heterocycles. The molecule has 2 aromatic rings. The Labute approximate surface area is 128 Å². The van der Waals surface area contributed by atoms with E-state index in [1.807, 2.05) is 31.1 Å². The van der Waals surface area contributed by atoms with E-state index in [-0.39, 0.29) is 18.4 Å². The lowest BCUT2D eigenvalue weighted by Gasteiger charge is -2.17. The van der Waals surface area contributed by atoms with Crippen LogP contribution in [0.15, 0.2) is 24.4 Å². The number of aromatic nitrogens is 2. The fraction of sp³-hybridized carbons (Fsp3) is 0.167. The molecule has 1 aromatic heterocycles. The zero-order chi connectivity index (χ0) is 13.3. The second-order valence-electron chi connectivity index (χ2n) is 3.96. The fourth-order valence-corrected chi connectivity index (χ4v) is 2.03. The van der Waals surface area contributed by atoms with Crippen LogP contribution in [0.5, 0.6) is 0 Å². The predicted octanol–water partition coefficient (Wildman–Crippen LogP) is 3.52. The minimum absolute atomic E-state index is 0. The summed E-state index contributed by atoms with van der Waals surface area (Å²) in [6.45, 7) is 0. The predicted molar refractivity (Wildman–Crippen MR) is 83.5 cm³/mol. The van der Waals surface area contributed by atoms with Gasteiger partial charge >= 0.3 is 0 Å². The highest BCUT2D eigenvalue weighted by Gasteiger charge is 2.14. The average Bonchev–Trinajstić information content (AvgIpc) is 2.33. The van der Waals surface area contributed by atoms with Gasteiger partial charge in [-0.15, -0.1) is 12.4 Å². The molecule has 0 aliphatic carbocycles. The Kier molecular flexibility index (Phi) is 5.23. The highest BCUT2D eigenvalue weighted by molar-refractivity contribution is 6.43. The number of hydrogen-bond acceptors (Lipinski definition) is 4. The van der Waals surface area contributed by atoms with Crippen LogP contribution in [0.3, 0.4) is 0 Å². The lowest BCUT2D eigenvalue weighted by Crippen LogP contribution is -2.13. The van der Waals surface area contributed by atoms with E-state index in [0.717, 1.165) is 11.1 Å². The molecule has 7 heteroatoms. The molecule has 0 aliphatic heterocycles. The van der Waals surface area contributed by atoms with E-state index in [1.54, 1.807) is 12.3 Å². The Morgan fingerprint density at radius 3 is 2.47 bits per heavy atom. The fourth-order valence-electron chi connectivity index (χ4n) is 1.63. The number of rotatable bonds is 2. The van der Waals surface area contributed by atoms with Gasteiger partial charge in [0.1, 0.15) is 5.82 Å². The molecule has 2 rings (SSSR count). The van der Waals surface area contributed by atoms with Crippen LogP contribution in [0.1, 0.15) is 0 Å². The van der Waals surface area contributed by atoms with Crippen molar-refractivity contribution < 1.29 is 0 Å². The zero-order valence-corrected chi connectivity index (χ0v) is 12.7. The SMILES string of the molecule is CN(C)c1nc(N)ncc1-c1cccc(Cl)c1Cl.Cl. The molecule has 0 atom stereocenters. The summed E-state index contributed by atoms with van der Waals surface area (Å²) in [7, 11) is 3.76. The van der Waals surface area contributed by atoms with Gasteiger partial charge in [0.05, 0.1) is 10.0 Å². The summed E-state index contributed by atoms with van der Waals surface area (Å²) in [4.78, 5) is 10.1. The average molecular weight is 320 g/mol. The molecule has 0 fully saturated rings. The summed E-state index contributed by atoms with van der Waals surface area (Å²) < 4.78 is 0. The van der Waals surface area contributed by atoms with Crippen LogP contribution in [0, 0.1) is 0 Å². The Balaban J connectivity index is 0.00000180. The van der Waals surface area contributed by atoms with Gasteiger partial charge in [0.15, 0.2) is 0 Å². The molecule has 2 N–H and O–H groups in total. The summed E-state index contributed by atoms with van der Waals surface area (Å²) in [5, 5.41) is 0.978. The van der Waals surface area contributed by atoms with E-state index in [0.29, 0.717) is 15.9 Å². The van der Waals surface area contributed by atoms with Crippen LogP contribution in [-0.4, -0.2) is 24.1 Å². The number of nitrogens with two attached hydrogens (primary N) is 1. The second kappa shape index (κ2) is 6.28. The molecular formula is C12H13Cl3N4. The third-order valence-electron chi connectivity index (χ3n) is 2.45. The van der Waals surface area contributed by atoms with Crippen molar-refractivity contribution in [2.75, 3.05) is 24.7 Å². The standard InChI is InChI=1S/C12H12Cl2N4.ClH/c1-18(2)11-8(6-16-12(15)17-11)7-4-3-5-9(13)10(7)14;/h3-6H,1-2H3,(H2,15,16,17);1H. The third-order valence-corrected chi connectivity index (χ3v) is 3.27. The van der Waals surface area contributed by atoms with E-state index in [1.165, 1.54) is 0 Å². The van der Waals surface area contributed by atoms with Gasteiger partial charge in [-0.3, -0.25) is 0 Å². The molecule has 0 radical (unpaired) electrons. The van der Waals surface area contributed by atoms with Gasteiger partial charge in [-0.2, -0.15) is 4.98 Å². The highest BCUT2D eigenvalue weighted by atomic mass is 35.5. The lowest BCUT2D eigenvalue weighted by atomic mass is 10.1. The molecular weight excluding hydrogens is 307 g/mol. The lowest BCUT2D eigenvalue weighted by molar-refractivity contribution is 1.05. The first-order valence-electron chi connectivity index (χ1n) is 5.25. The quantitative estimate of drug-likeness (QED) is 0.920. The molecule has 0 bridgehead atoms. The number of benzene rings is 1. The first-order valence-corrected chi connectivity index (χ1v) is 6.00. The van der Waals surface area contributed by atoms with Crippen molar-refractivity contribution in [3.8, 4) is 11.1 Å². The molecule has 0 unspecified atom stereocenters. The van der Waals surface area contributed by atoms with Crippen LogP contribution in [0.2, 0.25) is 10.0 Å². The van der Waals surface area contributed by atoms with Gasteiger partial charge in [0.2, 0.25) is 5.95 Å². The second-order valence-corrected chi connectivity index (χ2v) is 4.75. The van der Waals surface area contributed by atoms with Crippen molar-refractivity contribution in [3.63, 3.8) is 0 Å². The minimum atomic E-state index is 0. The Morgan fingerprint density at radius 1 is 1.16 bits per heavy atom. The molecule has 0 saturated heterocycles. The summed E-state index contributed by atoms with van der Waals surface area (Å²) >= 11 is 12.2. The Hall–Kier alpha value is -1.23. The van der Waals surface area contributed by atoms with Crippen LogP contribution in [0.4, 0.5) is 11.8 Å². The normalized spacial score (nSPS) is 9.89. The van der Waals surface area contributed by atoms with E-state index in [4.69, 9.17) is 28.9 Å². The van der Waals surface area contributed by atoms with Gasteiger partial charge in [-0.05, 0) is 6.07 Å². The van der Waals surface area contributed by atoms with E-state index in [2.05, 4.69) is 9.97 Å². The van der Waals surface area contributed by atoms with Crippen LogP contribution in [0.25, 0.3) is 11.1 Å². The molecule has 1 aromatic carbocycles. The maximum atomic E-state index is 6.21. The molecule has 4 nitrogen and oxygen atoms in total. The number of halogens is 3. The topological polar surface area (TPSA) is 55.0 Å². The van der Waals surface area contributed by atoms with Crippen molar-refractivity contribution >= 4 is 47.4 Å². The smallest absolute Gasteiger partial charge is 0.221 e. The van der Waals surface area contributed by atoms with Crippen molar-refractivity contribution in [1.82, 2.24) is 9.97 Å². The number of anilines is 2. The monoisotopic (exact) mass is 318 g/mol. The van der Waals surface area contributed by atoms with Crippen LogP contribution < -0.4 is 10.6 Å². The molecule has 0 spiro atoms. The largest absolute Gasteiger partial charge is 0.368 e. The molecule has 19 heavy (non-hydrogen) atoms. The van der Waals surface area contributed by atoms with Crippen molar-refractivity contribution in [2.24, 2.45) is 0 Å². The van der Waals surface area contributed by atoms with Crippen LogP contribution in [-0.2, 0) is 0 Å². The van der Waals surface area contributed by atoms with Gasteiger partial charge < -0.3 is 10.6 Å². The van der Waals surface area contributed by atoms with Gasteiger partial charge in [-0.1, -0.05) is 35.3 Å². The third kappa shape index (κ3) is 3.21. The number of hydrogen-bond donors (Lipinski definition) is 1. The maximum Gasteiger partial charge on any atom is 0.221 e.